The third kappa shape index (κ3) is 3.36. The van der Waals surface area contributed by atoms with Gasteiger partial charge in [0.15, 0.2) is 0 Å². The van der Waals surface area contributed by atoms with Gasteiger partial charge in [-0.05, 0) is 46.1 Å². The summed E-state index contributed by atoms with van der Waals surface area (Å²) in [6.07, 6.45) is 8.36. The van der Waals surface area contributed by atoms with Crippen LogP contribution in [0, 0.1) is 0 Å². The topological polar surface area (TPSA) is 55.1 Å². The second kappa shape index (κ2) is 6.52. The molecule has 0 aliphatic rings. The van der Waals surface area contributed by atoms with Crippen molar-refractivity contribution in [2.75, 3.05) is 0 Å². The first kappa shape index (κ1) is 14.5. The number of rotatable bonds is 5. The summed E-state index contributed by atoms with van der Waals surface area (Å²) in [7, 11) is 0. The average molecular weight is 335 g/mol. The molecule has 0 radical (unpaired) electrons. The number of hydrogen-bond acceptors (Lipinski definition) is 2. The second-order valence-electron chi connectivity index (χ2n) is 4.35. The number of carbonyl (C=O) groups is 1. The number of carboxylic acid groups (broad SMARTS) is 1. The molecule has 20 heavy (non-hydrogen) atoms. The number of nitrogens with zero attached hydrogens (tertiary/aromatic N) is 2. The van der Waals surface area contributed by atoms with Crippen molar-refractivity contribution >= 4 is 28.0 Å². The first-order valence-corrected chi connectivity index (χ1v) is 7.14. The molecule has 1 heterocycles. The van der Waals surface area contributed by atoms with E-state index in [2.05, 4.69) is 27.8 Å². The minimum absolute atomic E-state index is 0.834. The minimum atomic E-state index is -0.954. The predicted molar refractivity (Wildman–Crippen MR) is 81.9 cm³/mol. The Bertz CT molecular complexity index is 647. The summed E-state index contributed by atoms with van der Waals surface area (Å²) in [5.74, 6) is 0.0621. The molecule has 2 rings (SSSR count). The summed E-state index contributed by atoms with van der Waals surface area (Å²) in [6.45, 7) is 2.12. The highest BCUT2D eigenvalue weighted by Crippen LogP contribution is 2.24. The van der Waals surface area contributed by atoms with Crippen molar-refractivity contribution < 1.29 is 9.90 Å². The van der Waals surface area contributed by atoms with Crippen molar-refractivity contribution in [1.82, 2.24) is 9.55 Å². The van der Waals surface area contributed by atoms with Gasteiger partial charge in [-0.2, -0.15) is 0 Å². The van der Waals surface area contributed by atoms with E-state index in [0.29, 0.717) is 0 Å². The lowest BCUT2D eigenvalue weighted by atomic mass is 10.2. The third-order valence-electron chi connectivity index (χ3n) is 2.84. The third-order valence-corrected chi connectivity index (χ3v) is 3.48. The van der Waals surface area contributed by atoms with E-state index >= 15 is 0 Å². The Balaban J connectivity index is 2.34. The van der Waals surface area contributed by atoms with E-state index in [0.717, 1.165) is 40.5 Å². The first-order valence-electron chi connectivity index (χ1n) is 6.35. The lowest BCUT2D eigenvalue weighted by Gasteiger charge is -2.10. The summed E-state index contributed by atoms with van der Waals surface area (Å²) in [6, 6.07) is 5.73. The van der Waals surface area contributed by atoms with Crippen LogP contribution in [0.3, 0.4) is 0 Å². The average Bonchev–Trinajstić information content (AvgIpc) is 2.85. The van der Waals surface area contributed by atoms with Crippen LogP contribution in [0.25, 0.3) is 11.8 Å². The summed E-state index contributed by atoms with van der Waals surface area (Å²) >= 11 is 3.53. The standard InChI is InChI=1S/C15H15BrN2O2/c1-2-3-14-17-8-9-18(14)13-6-4-11(10-12(13)16)5-7-15(19)20/h4-10H,2-3H2,1H3,(H,19,20)/b7-5+. The fourth-order valence-electron chi connectivity index (χ4n) is 1.95. The Morgan fingerprint density at radius 3 is 2.95 bits per heavy atom. The number of imidazole rings is 1. The molecule has 0 bridgehead atoms. The van der Waals surface area contributed by atoms with Gasteiger partial charge in [-0.25, -0.2) is 9.78 Å². The van der Waals surface area contributed by atoms with Crippen molar-refractivity contribution in [3.63, 3.8) is 0 Å². The van der Waals surface area contributed by atoms with Crippen molar-refractivity contribution in [3.05, 3.63) is 52.5 Å². The maximum Gasteiger partial charge on any atom is 0.328 e. The Kier molecular flexibility index (Phi) is 4.74. The number of aromatic nitrogens is 2. The highest BCUT2D eigenvalue weighted by molar-refractivity contribution is 9.10. The fraction of sp³-hybridized carbons (Fsp3) is 0.200. The van der Waals surface area contributed by atoms with Crippen molar-refractivity contribution in [2.24, 2.45) is 0 Å². The Morgan fingerprint density at radius 1 is 1.50 bits per heavy atom. The molecule has 1 aromatic carbocycles. The van der Waals surface area contributed by atoms with Crippen molar-refractivity contribution in [3.8, 4) is 5.69 Å². The van der Waals surface area contributed by atoms with Crippen LogP contribution in [0.15, 0.2) is 41.1 Å². The highest BCUT2D eigenvalue weighted by atomic mass is 79.9. The van der Waals surface area contributed by atoms with Crippen LogP contribution in [-0.2, 0) is 11.2 Å². The largest absolute Gasteiger partial charge is 0.478 e. The van der Waals surface area contributed by atoms with Gasteiger partial charge in [-0.15, -0.1) is 0 Å². The number of aryl methyl sites for hydroxylation is 1. The van der Waals surface area contributed by atoms with Crippen molar-refractivity contribution in [2.45, 2.75) is 19.8 Å². The summed E-state index contributed by atoms with van der Waals surface area (Å²) in [5.41, 5.74) is 1.83. The van der Waals surface area contributed by atoms with E-state index in [-0.39, 0.29) is 0 Å². The van der Waals surface area contributed by atoms with Gasteiger partial charge in [-0.1, -0.05) is 13.0 Å². The molecule has 104 valence electrons. The van der Waals surface area contributed by atoms with Crippen molar-refractivity contribution in [1.29, 1.82) is 0 Å². The van der Waals surface area contributed by atoms with E-state index in [1.165, 1.54) is 0 Å². The molecule has 5 heteroatoms. The van der Waals surface area contributed by atoms with Gasteiger partial charge in [-0.3, -0.25) is 0 Å². The van der Waals surface area contributed by atoms with Crippen LogP contribution >= 0.6 is 15.9 Å². The highest BCUT2D eigenvalue weighted by Gasteiger charge is 2.07. The number of hydrogen-bond donors (Lipinski definition) is 1. The maximum atomic E-state index is 10.5. The molecule has 0 saturated carbocycles. The molecule has 0 atom stereocenters. The van der Waals surface area contributed by atoms with Crippen LogP contribution in [-0.4, -0.2) is 20.6 Å². The number of halogens is 1. The molecule has 0 saturated heterocycles. The molecule has 0 spiro atoms. The maximum absolute atomic E-state index is 10.5. The van der Waals surface area contributed by atoms with Crippen LogP contribution in [0.1, 0.15) is 24.7 Å². The van der Waals surface area contributed by atoms with Gasteiger partial charge in [0.05, 0.1) is 5.69 Å². The van der Waals surface area contributed by atoms with Crippen LogP contribution in [0.5, 0.6) is 0 Å². The lowest BCUT2D eigenvalue weighted by Crippen LogP contribution is -2.01. The van der Waals surface area contributed by atoms with E-state index < -0.39 is 5.97 Å². The smallest absolute Gasteiger partial charge is 0.328 e. The minimum Gasteiger partial charge on any atom is -0.478 e. The van der Waals surface area contributed by atoms with Crippen LogP contribution < -0.4 is 0 Å². The van der Waals surface area contributed by atoms with Crippen LogP contribution in [0.4, 0.5) is 0 Å². The molecule has 4 nitrogen and oxygen atoms in total. The van der Waals surface area contributed by atoms with E-state index in [1.807, 2.05) is 29.0 Å². The zero-order valence-corrected chi connectivity index (χ0v) is 12.7. The second-order valence-corrected chi connectivity index (χ2v) is 5.20. The molecule has 1 aromatic heterocycles. The zero-order valence-electron chi connectivity index (χ0n) is 11.1. The molecule has 0 unspecified atom stereocenters. The predicted octanol–water partition coefficient (Wildman–Crippen LogP) is 3.69. The van der Waals surface area contributed by atoms with Gasteiger partial charge in [0.2, 0.25) is 0 Å². The van der Waals surface area contributed by atoms with Gasteiger partial charge < -0.3 is 9.67 Å². The molecular weight excluding hydrogens is 320 g/mol. The Morgan fingerprint density at radius 2 is 2.30 bits per heavy atom. The van der Waals surface area contributed by atoms with Gasteiger partial charge in [0.1, 0.15) is 5.82 Å². The zero-order chi connectivity index (χ0) is 14.5. The van der Waals surface area contributed by atoms with Gasteiger partial charge in [0.25, 0.3) is 0 Å². The quantitative estimate of drug-likeness (QED) is 0.848. The number of carboxylic acids is 1. The van der Waals surface area contributed by atoms with E-state index in [4.69, 9.17) is 5.11 Å². The van der Waals surface area contributed by atoms with E-state index in [1.54, 1.807) is 12.3 Å². The summed E-state index contributed by atoms with van der Waals surface area (Å²) < 4.78 is 2.94. The van der Waals surface area contributed by atoms with Gasteiger partial charge >= 0.3 is 5.97 Å². The van der Waals surface area contributed by atoms with Crippen LogP contribution in [0.2, 0.25) is 0 Å². The molecular formula is C15H15BrN2O2. The summed E-state index contributed by atoms with van der Waals surface area (Å²) in [5, 5.41) is 8.63. The molecule has 0 fully saturated rings. The molecule has 0 aliphatic heterocycles. The Labute approximate surface area is 125 Å². The fourth-order valence-corrected chi connectivity index (χ4v) is 2.54. The molecule has 2 aromatic rings. The molecule has 1 N–H and O–H groups in total. The molecule has 0 amide bonds. The summed E-state index contributed by atoms with van der Waals surface area (Å²) in [4.78, 5) is 14.9. The van der Waals surface area contributed by atoms with E-state index in [9.17, 15) is 4.79 Å². The molecule has 0 aliphatic carbocycles. The normalized spacial score (nSPS) is 11.1. The Hall–Kier alpha value is -1.88. The SMILES string of the molecule is CCCc1nccn1-c1ccc(/C=C/C(=O)O)cc1Br. The number of benzene rings is 1. The number of aliphatic carboxylic acids is 1. The lowest BCUT2D eigenvalue weighted by molar-refractivity contribution is -0.131. The first-order chi connectivity index (χ1) is 9.61. The van der Waals surface area contributed by atoms with Gasteiger partial charge in [0, 0.05) is 29.4 Å². The monoisotopic (exact) mass is 334 g/mol.